The molecule has 2 heterocycles. The van der Waals surface area contributed by atoms with Gasteiger partial charge in [0.25, 0.3) is 0 Å². The number of rotatable bonds is 3. The predicted molar refractivity (Wildman–Crippen MR) is 76.1 cm³/mol. The summed E-state index contributed by atoms with van der Waals surface area (Å²) in [6.07, 6.45) is 1.03. The van der Waals surface area contributed by atoms with Gasteiger partial charge in [0.1, 0.15) is 5.75 Å². The van der Waals surface area contributed by atoms with Crippen LogP contribution in [0, 0.1) is 0 Å². The zero-order valence-electron chi connectivity index (χ0n) is 11.7. The smallest absolute Gasteiger partial charge is 0.241 e. The second-order valence-electron chi connectivity index (χ2n) is 5.23. The summed E-state index contributed by atoms with van der Waals surface area (Å²) in [5.41, 5.74) is 0.914. The number of piperazine rings is 1. The first kappa shape index (κ1) is 13.4. The molecular formula is C15H20N2O3. The average molecular weight is 276 g/mol. The van der Waals surface area contributed by atoms with Gasteiger partial charge in [-0.1, -0.05) is 6.07 Å². The maximum Gasteiger partial charge on any atom is 0.241 e. The van der Waals surface area contributed by atoms with Crippen LogP contribution in [0.5, 0.6) is 5.75 Å². The number of carbonyl (C=O) groups excluding carboxylic acids is 1. The van der Waals surface area contributed by atoms with E-state index < -0.39 is 0 Å². The molecule has 2 aliphatic heterocycles. The van der Waals surface area contributed by atoms with E-state index >= 15 is 0 Å². The van der Waals surface area contributed by atoms with Gasteiger partial charge in [-0.2, -0.15) is 0 Å². The zero-order chi connectivity index (χ0) is 13.9. The summed E-state index contributed by atoms with van der Waals surface area (Å²) in [7, 11) is 1.64. The van der Waals surface area contributed by atoms with E-state index in [0.717, 1.165) is 44.2 Å². The van der Waals surface area contributed by atoms with Gasteiger partial charge >= 0.3 is 0 Å². The number of hydrogen-bond acceptors (Lipinski definition) is 4. The van der Waals surface area contributed by atoms with Crippen molar-refractivity contribution in [2.24, 2.45) is 0 Å². The first-order valence-corrected chi connectivity index (χ1v) is 7.04. The van der Waals surface area contributed by atoms with Crippen molar-refractivity contribution in [3.8, 4) is 5.75 Å². The van der Waals surface area contributed by atoms with E-state index in [1.54, 1.807) is 7.11 Å². The Hall–Kier alpha value is -1.59. The molecule has 0 bridgehead atoms. The van der Waals surface area contributed by atoms with Gasteiger partial charge in [0, 0.05) is 37.5 Å². The minimum absolute atomic E-state index is 0.149. The fourth-order valence-electron chi connectivity index (χ4n) is 2.86. The second kappa shape index (κ2) is 5.81. The summed E-state index contributed by atoms with van der Waals surface area (Å²) in [6.45, 7) is 3.67. The van der Waals surface area contributed by atoms with Crippen molar-refractivity contribution < 1.29 is 14.3 Å². The number of amides is 1. The number of carbonyl (C=O) groups is 1. The van der Waals surface area contributed by atoms with Crippen molar-refractivity contribution in [3.05, 3.63) is 24.3 Å². The molecule has 0 saturated carbocycles. The molecule has 5 nitrogen and oxygen atoms in total. The second-order valence-corrected chi connectivity index (χ2v) is 5.23. The van der Waals surface area contributed by atoms with Crippen LogP contribution in [0.2, 0.25) is 0 Å². The molecular weight excluding hydrogens is 256 g/mol. The van der Waals surface area contributed by atoms with Gasteiger partial charge in [0.05, 0.1) is 20.3 Å². The van der Waals surface area contributed by atoms with Gasteiger partial charge in [0.2, 0.25) is 5.91 Å². The van der Waals surface area contributed by atoms with E-state index in [2.05, 4.69) is 4.90 Å². The molecule has 5 heteroatoms. The summed E-state index contributed by atoms with van der Waals surface area (Å²) in [4.78, 5) is 16.4. The summed E-state index contributed by atoms with van der Waals surface area (Å²) < 4.78 is 10.6. The van der Waals surface area contributed by atoms with Gasteiger partial charge in [-0.3, -0.25) is 9.69 Å². The highest BCUT2D eigenvalue weighted by atomic mass is 16.5. The third-order valence-corrected chi connectivity index (χ3v) is 4.04. The lowest BCUT2D eigenvalue weighted by atomic mass is 10.1. The highest BCUT2D eigenvalue weighted by Gasteiger charge is 2.31. The number of anilines is 1. The van der Waals surface area contributed by atoms with Gasteiger partial charge in [-0.25, -0.2) is 0 Å². The van der Waals surface area contributed by atoms with Crippen LogP contribution in [0.4, 0.5) is 5.69 Å². The molecule has 2 fully saturated rings. The molecule has 1 atom stereocenters. The van der Waals surface area contributed by atoms with E-state index in [-0.39, 0.29) is 5.91 Å². The molecule has 0 radical (unpaired) electrons. The number of hydrogen-bond donors (Lipinski definition) is 0. The largest absolute Gasteiger partial charge is 0.497 e. The van der Waals surface area contributed by atoms with Crippen molar-refractivity contribution in [2.45, 2.75) is 12.5 Å². The fraction of sp³-hybridized carbons (Fsp3) is 0.533. The van der Waals surface area contributed by atoms with Crippen LogP contribution in [-0.2, 0) is 9.53 Å². The van der Waals surface area contributed by atoms with Gasteiger partial charge in [0.15, 0.2) is 0 Å². The number of nitrogens with zero attached hydrogens (tertiary/aromatic N) is 2. The van der Waals surface area contributed by atoms with Gasteiger partial charge in [-0.15, -0.1) is 0 Å². The minimum Gasteiger partial charge on any atom is -0.497 e. The molecule has 1 aromatic rings. The molecule has 0 aliphatic carbocycles. The van der Waals surface area contributed by atoms with Crippen LogP contribution < -0.4 is 9.64 Å². The van der Waals surface area contributed by atoms with Gasteiger partial charge in [-0.05, 0) is 18.6 Å². The Morgan fingerprint density at radius 2 is 2.25 bits per heavy atom. The molecule has 0 spiro atoms. The Kier molecular flexibility index (Phi) is 3.89. The molecule has 1 amide bonds. The summed E-state index contributed by atoms with van der Waals surface area (Å²) in [5, 5.41) is 0. The first-order valence-electron chi connectivity index (χ1n) is 7.04. The Labute approximate surface area is 119 Å². The first-order chi connectivity index (χ1) is 9.78. The van der Waals surface area contributed by atoms with Crippen molar-refractivity contribution in [3.63, 3.8) is 0 Å². The predicted octanol–water partition coefficient (Wildman–Crippen LogP) is 1.13. The average Bonchev–Trinajstić information content (AvgIpc) is 3.01. The molecule has 0 aromatic heterocycles. The van der Waals surface area contributed by atoms with Gasteiger partial charge < -0.3 is 14.4 Å². The normalized spacial score (nSPS) is 24.1. The third-order valence-electron chi connectivity index (χ3n) is 4.04. The molecule has 3 rings (SSSR count). The highest BCUT2D eigenvalue weighted by Crippen LogP contribution is 2.24. The van der Waals surface area contributed by atoms with Crippen LogP contribution in [0.3, 0.4) is 0 Å². The summed E-state index contributed by atoms with van der Waals surface area (Å²) >= 11 is 0. The Morgan fingerprint density at radius 1 is 1.35 bits per heavy atom. The van der Waals surface area contributed by atoms with Crippen LogP contribution >= 0.6 is 0 Å². The van der Waals surface area contributed by atoms with Crippen molar-refractivity contribution in [1.82, 2.24) is 4.90 Å². The fourth-order valence-corrected chi connectivity index (χ4v) is 2.86. The maximum absolute atomic E-state index is 12.4. The monoisotopic (exact) mass is 276 g/mol. The zero-order valence-corrected chi connectivity index (χ0v) is 11.7. The van der Waals surface area contributed by atoms with Crippen LogP contribution in [-0.4, -0.2) is 56.8 Å². The SMILES string of the molecule is COc1cccc(N2CCN(C3CCOC3)CC2=O)c1. The topological polar surface area (TPSA) is 42.0 Å². The highest BCUT2D eigenvalue weighted by molar-refractivity contribution is 5.95. The third kappa shape index (κ3) is 2.64. The minimum atomic E-state index is 0.149. The molecule has 2 aliphatic rings. The molecule has 2 saturated heterocycles. The van der Waals surface area contributed by atoms with Crippen LogP contribution in [0.1, 0.15) is 6.42 Å². The van der Waals surface area contributed by atoms with Crippen LogP contribution in [0.25, 0.3) is 0 Å². The lowest BCUT2D eigenvalue weighted by Gasteiger charge is -2.37. The summed E-state index contributed by atoms with van der Waals surface area (Å²) in [5.74, 6) is 0.929. The standard InChI is InChI=1S/C15H20N2O3/c1-19-14-4-2-3-12(9-14)17-7-6-16(10-15(17)18)13-5-8-20-11-13/h2-4,9,13H,5-8,10-11H2,1H3. The van der Waals surface area contributed by atoms with Crippen molar-refractivity contribution >= 4 is 11.6 Å². The molecule has 108 valence electrons. The van der Waals surface area contributed by atoms with Crippen LogP contribution in [0.15, 0.2) is 24.3 Å². The number of methoxy groups -OCH3 is 1. The van der Waals surface area contributed by atoms with E-state index in [4.69, 9.17) is 9.47 Å². The molecule has 1 unspecified atom stereocenters. The molecule has 0 N–H and O–H groups in total. The summed E-state index contributed by atoms with van der Waals surface area (Å²) in [6, 6.07) is 8.08. The lowest BCUT2D eigenvalue weighted by Crippen LogP contribution is -2.53. The van der Waals surface area contributed by atoms with E-state index in [1.807, 2.05) is 29.2 Å². The van der Waals surface area contributed by atoms with E-state index in [1.165, 1.54) is 0 Å². The lowest BCUT2D eigenvalue weighted by molar-refractivity contribution is -0.122. The maximum atomic E-state index is 12.4. The van der Waals surface area contributed by atoms with Crippen molar-refractivity contribution in [1.29, 1.82) is 0 Å². The number of benzene rings is 1. The quantitative estimate of drug-likeness (QED) is 0.830. The number of ether oxygens (including phenoxy) is 2. The molecule has 1 aromatic carbocycles. The van der Waals surface area contributed by atoms with E-state index in [0.29, 0.717) is 12.6 Å². The van der Waals surface area contributed by atoms with E-state index in [9.17, 15) is 4.79 Å². The Balaban J connectivity index is 1.69. The molecule has 20 heavy (non-hydrogen) atoms. The Bertz CT molecular complexity index is 486. The van der Waals surface area contributed by atoms with Crippen molar-refractivity contribution in [2.75, 3.05) is 44.9 Å². The Morgan fingerprint density at radius 3 is 2.95 bits per heavy atom.